The van der Waals surface area contributed by atoms with E-state index in [9.17, 15) is 10.1 Å². The van der Waals surface area contributed by atoms with Gasteiger partial charge in [-0.1, -0.05) is 17.7 Å². The maximum Gasteiger partial charge on any atom is 0.353 e. The fourth-order valence-electron chi connectivity index (χ4n) is 2.12. The van der Waals surface area contributed by atoms with Gasteiger partial charge in [0.25, 0.3) is 0 Å². The van der Waals surface area contributed by atoms with Crippen LogP contribution in [0.25, 0.3) is 0 Å². The zero-order valence-corrected chi connectivity index (χ0v) is 14.7. The summed E-state index contributed by atoms with van der Waals surface area (Å²) in [7, 11) is 3.96. The molecule has 0 atom stereocenters. The number of hydrogen-bond donors (Lipinski definition) is 3. The largest absolute Gasteiger partial charge is 0.378 e. The maximum atomic E-state index is 11.3. The van der Waals surface area contributed by atoms with Crippen LogP contribution in [0.5, 0.6) is 0 Å². The maximum absolute atomic E-state index is 11.3. The van der Waals surface area contributed by atoms with Gasteiger partial charge in [-0.05, 0) is 45.3 Å². The Labute approximate surface area is 150 Å². The monoisotopic (exact) mass is 365 g/mol. The van der Waals surface area contributed by atoms with Crippen LogP contribution in [0.4, 0.5) is 29.0 Å². The molecule has 9 nitrogen and oxygen atoms in total. The van der Waals surface area contributed by atoms with E-state index < -0.39 is 4.92 Å². The quantitative estimate of drug-likeness (QED) is 0.370. The number of halogens is 1. The molecule has 0 fully saturated rings. The van der Waals surface area contributed by atoms with Crippen molar-refractivity contribution in [2.24, 2.45) is 0 Å². The average Bonchev–Trinajstić information content (AvgIpc) is 2.50. The van der Waals surface area contributed by atoms with Crippen molar-refractivity contribution in [1.29, 1.82) is 0 Å². The summed E-state index contributed by atoms with van der Waals surface area (Å²) in [5, 5.41) is 17.7. The van der Waals surface area contributed by atoms with E-state index in [1.165, 1.54) is 0 Å². The molecule has 0 aliphatic rings. The van der Waals surface area contributed by atoms with E-state index in [1.54, 1.807) is 24.3 Å². The van der Waals surface area contributed by atoms with Crippen molar-refractivity contribution in [2.75, 3.05) is 43.6 Å². The van der Waals surface area contributed by atoms with Crippen LogP contribution >= 0.6 is 11.6 Å². The fourth-order valence-corrected chi connectivity index (χ4v) is 2.31. The van der Waals surface area contributed by atoms with Gasteiger partial charge < -0.3 is 21.3 Å². The lowest BCUT2D eigenvalue weighted by Gasteiger charge is -2.12. The molecule has 1 aromatic heterocycles. The van der Waals surface area contributed by atoms with Crippen molar-refractivity contribution >= 4 is 40.6 Å². The van der Waals surface area contributed by atoms with Crippen molar-refractivity contribution < 1.29 is 4.92 Å². The molecule has 25 heavy (non-hydrogen) atoms. The minimum atomic E-state index is -0.613. The van der Waals surface area contributed by atoms with Crippen molar-refractivity contribution in [3.8, 4) is 0 Å². The van der Waals surface area contributed by atoms with Crippen LogP contribution in [0.15, 0.2) is 24.3 Å². The summed E-state index contributed by atoms with van der Waals surface area (Å²) in [5.41, 5.74) is 5.94. The Hall–Kier alpha value is -2.65. The Balaban J connectivity index is 2.23. The van der Waals surface area contributed by atoms with Crippen molar-refractivity contribution in [3.05, 3.63) is 39.4 Å². The van der Waals surface area contributed by atoms with E-state index >= 15 is 0 Å². The van der Waals surface area contributed by atoms with Gasteiger partial charge in [-0.25, -0.2) is 0 Å². The molecule has 1 aromatic carbocycles. The molecule has 4 N–H and O–H groups in total. The highest BCUT2D eigenvalue weighted by molar-refractivity contribution is 6.30. The van der Waals surface area contributed by atoms with Crippen molar-refractivity contribution in [3.63, 3.8) is 0 Å². The van der Waals surface area contributed by atoms with Crippen LogP contribution in [0.1, 0.15) is 6.42 Å². The molecule has 0 unspecified atom stereocenters. The Morgan fingerprint density at radius 3 is 2.76 bits per heavy atom. The Kier molecular flexibility index (Phi) is 6.31. The van der Waals surface area contributed by atoms with Gasteiger partial charge in [0.2, 0.25) is 17.6 Å². The smallest absolute Gasteiger partial charge is 0.353 e. The first-order valence-electron chi connectivity index (χ1n) is 7.60. The molecule has 0 aliphatic heterocycles. The van der Waals surface area contributed by atoms with E-state index in [0.717, 1.165) is 13.0 Å². The Morgan fingerprint density at radius 2 is 2.12 bits per heavy atom. The van der Waals surface area contributed by atoms with Crippen LogP contribution in [0.3, 0.4) is 0 Å². The molecular formula is C15H20ClN7O2. The first kappa shape index (κ1) is 18.7. The Morgan fingerprint density at radius 1 is 1.36 bits per heavy atom. The number of nitro groups is 1. The molecule has 0 aliphatic carbocycles. The molecule has 0 spiro atoms. The number of rotatable bonds is 8. The average molecular weight is 366 g/mol. The zero-order valence-electron chi connectivity index (χ0n) is 14.0. The Bertz CT molecular complexity index is 755. The summed E-state index contributed by atoms with van der Waals surface area (Å²) in [5.74, 6) is 0.0286. The van der Waals surface area contributed by atoms with E-state index in [-0.39, 0.29) is 23.3 Å². The zero-order chi connectivity index (χ0) is 18.4. The van der Waals surface area contributed by atoms with Gasteiger partial charge in [0, 0.05) is 17.3 Å². The minimum Gasteiger partial charge on any atom is -0.378 e. The summed E-state index contributed by atoms with van der Waals surface area (Å²) < 4.78 is 0. The molecule has 0 bridgehead atoms. The predicted molar refractivity (Wildman–Crippen MR) is 99.5 cm³/mol. The highest BCUT2D eigenvalue weighted by Crippen LogP contribution is 2.31. The highest BCUT2D eigenvalue weighted by atomic mass is 35.5. The van der Waals surface area contributed by atoms with Crippen molar-refractivity contribution in [1.82, 2.24) is 14.9 Å². The number of benzene rings is 1. The number of anilines is 4. The van der Waals surface area contributed by atoms with E-state index in [0.29, 0.717) is 17.3 Å². The highest BCUT2D eigenvalue weighted by Gasteiger charge is 2.23. The first-order chi connectivity index (χ1) is 11.9. The number of nitrogens with two attached hydrogens (primary N) is 1. The van der Waals surface area contributed by atoms with Crippen LogP contribution in [-0.4, -0.2) is 47.0 Å². The van der Waals surface area contributed by atoms with Gasteiger partial charge in [-0.15, -0.1) is 0 Å². The molecule has 0 saturated carbocycles. The predicted octanol–water partition coefficient (Wildman–Crippen LogP) is 2.73. The molecule has 0 saturated heterocycles. The summed E-state index contributed by atoms with van der Waals surface area (Å²) in [6.45, 7) is 1.51. The first-order valence-corrected chi connectivity index (χ1v) is 7.97. The van der Waals surface area contributed by atoms with Gasteiger partial charge in [0.05, 0.1) is 4.92 Å². The van der Waals surface area contributed by atoms with E-state index in [1.807, 2.05) is 14.1 Å². The topological polar surface area (TPSA) is 122 Å². The number of hydrogen-bond acceptors (Lipinski definition) is 8. The normalized spacial score (nSPS) is 10.7. The lowest BCUT2D eigenvalue weighted by Crippen LogP contribution is -2.17. The molecular weight excluding hydrogens is 346 g/mol. The van der Waals surface area contributed by atoms with Crippen LogP contribution in [0, 0.1) is 10.1 Å². The molecule has 134 valence electrons. The lowest BCUT2D eigenvalue weighted by atomic mass is 10.3. The van der Waals surface area contributed by atoms with Crippen LogP contribution in [0.2, 0.25) is 5.02 Å². The number of aromatic nitrogens is 2. The summed E-state index contributed by atoms with van der Waals surface area (Å²) in [6.07, 6.45) is 0.865. The fraction of sp³-hybridized carbons (Fsp3) is 0.333. The van der Waals surface area contributed by atoms with Gasteiger partial charge in [-0.2, -0.15) is 9.97 Å². The number of nitrogens with zero attached hydrogens (tertiary/aromatic N) is 4. The second-order valence-corrected chi connectivity index (χ2v) is 6.04. The van der Waals surface area contributed by atoms with E-state index in [4.69, 9.17) is 17.3 Å². The second-order valence-electron chi connectivity index (χ2n) is 5.61. The number of nitrogens with one attached hydrogen (secondary N) is 2. The molecule has 0 radical (unpaired) electrons. The third kappa shape index (κ3) is 5.44. The van der Waals surface area contributed by atoms with Gasteiger partial charge in [0.15, 0.2) is 0 Å². The lowest BCUT2D eigenvalue weighted by molar-refractivity contribution is -0.383. The molecule has 10 heteroatoms. The van der Waals surface area contributed by atoms with Gasteiger partial charge in [-0.3, -0.25) is 10.1 Å². The SMILES string of the molecule is CN(C)CCCNc1nc(N)c([N+](=O)[O-])c(Nc2cccc(Cl)c2)n1. The number of nitrogen functional groups attached to an aromatic ring is 1. The summed E-state index contributed by atoms with van der Waals surface area (Å²) >= 11 is 5.94. The third-order valence-corrected chi connectivity index (χ3v) is 3.48. The third-order valence-electron chi connectivity index (χ3n) is 3.25. The van der Waals surface area contributed by atoms with Gasteiger partial charge in [0.1, 0.15) is 0 Å². The van der Waals surface area contributed by atoms with Crippen molar-refractivity contribution in [2.45, 2.75) is 6.42 Å². The minimum absolute atomic E-state index is 0.00914. The van der Waals surface area contributed by atoms with E-state index in [2.05, 4.69) is 25.5 Å². The summed E-state index contributed by atoms with van der Waals surface area (Å²) in [4.78, 5) is 20.9. The second kappa shape index (κ2) is 8.45. The van der Waals surface area contributed by atoms with Gasteiger partial charge >= 0.3 is 5.69 Å². The van der Waals surface area contributed by atoms with Crippen LogP contribution < -0.4 is 16.4 Å². The molecule has 2 aromatic rings. The van der Waals surface area contributed by atoms with Crippen LogP contribution in [-0.2, 0) is 0 Å². The molecule has 0 amide bonds. The summed E-state index contributed by atoms with van der Waals surface area (Å²) in [6, 6.07) is 6.78. The standard InChI is InChI=1S/C15H20ClN7O2/c1-22(2)8-4-7-18-15-20-13(17)12(23(24)25)14(21-15)19-11-6-3-5-10(16)9-11/h3,5-6,9H,4,7-8H2,1-2H3,(H4,17,18,19,20,21). The molecule has 2 rings (SSSR count). The molecule has 1 heterocycles.